The van der Waals surface area contributed by atoms with Gasteiger partial charge in [0.2, 0.25) is 0 Å². The molecule has 6 heterocycles. The van der Waals surface area contributed by atoms with Crippen LogP contribution < -0.4 is 83.5 Å². The Hall–Kier alpha value is -11.2. The number of hydrogen-bond acceptors (Lipinski definition) is 4. The number of rotatable bonds is 11. The van der Waals surface area contributed by atoms with Gasteiger partial charge in [-0.15, -0.1) is 0 Å². The Morgan fingerprint density at radius 3 is 1.03 bits per heavy atom. The summed E-state index contributed by atoms with van der Waals surface area (Å²) in [6.45, 7) is 31.3. The predicted octanol–water partition coefficient (Wildman–Crippen LogP) is 18.6. The smallest absolute Gasteiger partial charge is 0.251 e. The van der Waals surface area contributed by atoms with Gasteiger partial charge in [-0.3, -0.25) is 0 Å². The van der Waals surface area contributed by atoms with Gasteiger partial charge in [-0.05, 0) is 219 Å². The topological polar surface area (TPSA) is 13.0 Å². The molecule has 0 saturated heterocycles. The second kappa shape index (κ2) is 24.6. The van der Waals surface area contributed by atoms with Gasteiger partial charge in [-0.25, -0.2) is 4.39 Å². The largest absolute Gasteiger partial charge is 0.311 e. The van der Waals surface area contributed by atoms with E-state index in [4.69, 9.17) is 0 Å². The summed E-state index contributed by atoms with van der Waals surface area (Å²) >= 11 is 0. The third-order valence-corrected chi connectivity index (χ3v) is 35.1. The highest BCUT2D eigenvalue weighted by Crippen LogP contribution is 2.52. The van der Waals surface area contributed by atoms with Crippen molar-refractivity contribution in [3.05, 3.63) is 337 Å². The molecule has 0 saturated carbocycles. The van der Waals surface area contributed by atoms with Crippen molar-refractivity contribution in [2.75, 3.05) is 19.6 Å². The van der Waals surface area contributed by atoms with Gasteiger partial charge < -0.3 is 19.6 Å². The zero-order valence-electron chi connectivity index (χ0n) is 65.9. The minimum Gasteiger partial charge on any atom is -0.311 e. The summed E-state index contributed by atoms with van der Waals surface area (Å²) in [7, 11) is -5.62. The van der Waals surface area contributed by atoms with Gasteiger partial charge in [0.1, 0.15) is 22.0 Å². The quantitative estimate of drug-likeness (QED) is 0.120. The van der Waals surface area contributed by atoms with Gasteiger partial charge in [-0.2, -0.15) is 0 Å². The lowest BCUT2D eigenvalue weighted by atomic mass is 9.33. The van der Waals surface area contributed by atoms with E-state index >= 15 is 4.39 Å². The molecule has 4 nitrogen and oxygen atoms in total. The minimum atomic E-state index is -2.93. The number of halogens is 1. The van der Waals surface area contributed by atoms with E-state index in [0.717, 1.165) is 23.5 Å². The van der Waals surface area contributed by atoms with E-state index in [2.05, 4.69) is 388 Å². The van der Waals surface area contributed by atoms with Gasteiger partial charge in [0.25, 0.3) is 13.4 Å². The molecule has 1 atom stereocenters. The zero-order chi connectivity index (χ0) is 76.2. The Balaban J connectivity index is 0.743. The van der Waals surface area contributed by atoms with Crippen LogP contribution in [0.3, 0.4) is 0 Å². The molecule has 540 valence electrons. The zero-order valence-corrected chi connectivity index (χ0v) is 67.9. The van der Waals surface area contributed by atoms with E-state index in [1.807, 2.05) is 12.1 Å². The molecule has 0 N–H and O–H groups in total. The molecule has 0 radical (unpaired) electrons. The average Bonchev–Trinajstić information content (AvgIpc) is 0.673. The number of benzene rings is 14. The molecule has 0 bridgehead atoms. The van der Waals surface area contributed by atoms with Crippen molar-refractivity contribution in [2.24, 2.45) is 0 Å². The molecule has 0 amide bonds. The number of anilines is 12. The van der Waals surface area contributed by atoms with Crippen molar-refractivity contribution in [2.45, 2.75) is 117 Å². The Labute approximate surface area is 657 Å². The molecule has 14 aromatic carbocycles. The van der Waals surface area contributed by atoms with Crippen LogP contribution in [0.1, 0.15) is 104 Å². The van der Waals surface area contributed by atoms with Crippen LogP contribution >= 0.6 is 0 Å². The number of hydrogen-bond donors (Lipinski definition) is 0. The maximum Gasteiger partial charge on any atom is 0.251 e. The summed E-state index contributed by atoms with van der Waals surface area (Å²) < 4.78 is 15.1. The second-order valence-electron chi connectivity index (χ2n) is 36.1. The van der Waals surface area contributed by atoms with Crippen LogP contribution in [0, 0.1) is 5.82 Å². The molecule has 1 unspecified atom stereocenters. The Morgan fingerprint density at radius 2 is 0.622 bits per heavy atom. The summed E-state index contributed by atoms with van der Waals surface area (Å²) in [6, 6.07) is 116. The summed E-state index contributed by atoms with van der Waals surface area (Å²) in [5, 5.41) is 8.65. The first kappa shape index (κ1) is 69.0. The third-order valence-electron chi connectivity index (χ3n) is 26.1. The Bertz CT molecular complexity index is 6000. The average molecular weight is 1470 g/mol. The van der Waals surface area contributed by atoms with Gasteiger partial charge in [0, 0.05) is 68.0 Å². The minimum absolute atomic E-state index is 0.00126. The highest BCUT2D eigenvalue weighted by molar-refractivity contribution is 7.22. The van der Waals surface area contributed by atoms with E-state index in [1.54, 1.807) is 12.1 Å². The molecular formula is C102H91B2FN4Si2. The molecule has 0 aliphatic carbocycles. The fraction of sp³-hybridized carbons (Fsp3) is 0.176. The molecular weight excluding hydrogens is 1380 g/mol. The highest BCUT2D eigenvalue weighted by atomic mass is 28.3. The van der Waals surface area contributed by atoms with Crippen molar-refractivity contribution >= 4 is 162 Å². The third kappa shape index (κ3) is 10.3. The van der Waals surface area contributed by atoms with Crippen LogP contribution in [0.2, 0.25) is 13.1 Å². The molecule has 14 aromatic rings. The standard InChI is InChI=1S/C102H91B2FN4Si2/c1-99(2,3)68-49-57-79(77(62-68)66-29-17-14-18-30-66)108-83-37-24-38-84-94(83)104-97-87(108)41-27-45-91(97)111(13,92-46-28-42-88(98(92)104)109(84)80-58-50-69(100(4,5)6)63-78(80)67-31-19-15-20-32-67)76-55-47-65(48-56-76)64-102(10,11)71-59-70(101(7,8)9)60-74(61-71)107-82-36-23-35-81-93(82)103-95-85(106(81)73-53-51-72(105)52-54-73)39-25-43-89(95)110(12,75-33-21-16-22-34-75)90-44-26-40-86(107)96(90)103/h14-63H,64H2,1-13H3. The van der Waals surface area contributed by atoms with Crippen LogP contribution in [0.4, 0.5) is 72.6 Å². The number of nitrogens with zero attached hydrogens (tertiary/aromatic N) is 4. The van der Waals surface area contributed by atoms with Gasteiger partial charge in [0.05, 0.1) is 11.4 Å². The van der Waals surface area contributed by atoms with Gasteiger partial charge >= 0.3 is 0 Å². The van der Waals surface area contributed by atoms with Crippen molar-refractivity contribution in [3.63, 3.8) is 0 Å². The van der Waals surface area contributed by atoms with Crippen LogP contribution in [0.15, 0.2) is 303 Å². The molecule has 20 rings (SSSR count). The summed E-state index contributed by atoms with van der Waals surface area (Å²) in [5.41, 5.74) is 33.2. The van der Waals surface area contributed by atoms with E-state index in [1.165, 1.54) is 165 Å². The lowest BCUT2D eigenvalue weighted by molar-refractivity contribution is 0.517. The van der Waals surface area contributed by atoms with Gasteiger partial charge in [0.15, 0.2) is 0 Å². The lowest BCUT2D eigenvalue weighted by Gasteiger charge is -2.51. The first-order chi connectivity index (χ1) is 53.4. The summed E-state index contributed by atoms with van der Waals surface area (Å²) in [6.07, 6.45) is 0.831. The molecule has 0 spiro atoms. The van der Waals surface area contributed by atoms with Crippen LogP contribution in [-0.2, 0) is 28.1 Å². The highest BCUT2D eigenvalue weighted by Gasteiger charge is 2.56. The lowest BCUT2D eigenvalue weighted by Crippen LogP contribution is -2.83. The summed E-state index contributed by atoms with van der Waals surface area (Å²) in [5.74, 6) is -0.241. The van der Waals surface area contributed by atoms with Crippen molar-refractivity contribution in [1.82, 2.24) is 0 Å². The summed E-state index contributed by atoms with van der Waals surface area (Å²) in [4.78, 5) is 10.4. The maximum atomic E-state index is 15.1. The molecule has 0 fully saturated rings. The van der Waals surface area contributed by atoms with Crippen molar-refractivity contribution in [3.8, 4) is 22.3 Å². The van der Waals surface area contributed by atoms with E-state index in [9.17, 15) is 0 Å². The monoisotopic (exact) mass is 1470 g/mol. The van der Waals surface area contributed by atoms with Crippen LogP contribution in [0.25, 0.3) is 22.3 Å². The first-order valence-corrected chi connectivity index (χ1v) is 44.9. The normalized spacial score (nSPS) is 15.9. The fourth-order valence-electron chi connectivity index (χ4n) is 20.4. The maximum absolute atomic E-state index is 15.1. The predicted molar refractivity (Wildman–Crippen MR) is 479 cm³/mol. The van der Waals surface area contributed by atoms with Crippen molar-refractivity contribution < 1.29 is 4.39 Å². The van der Waals surface area contributed by atoms with E-state index in [-0.39, 0.29) is 40.9 Å². The first-order valence-electron chi connectivity index (χ1n) is 39.9. The molecule has 0 aromatic heterocycles. The van der Waals surface area contributed by atoms with E-state index in [0.29, 0.717) is 0 Å². The van der Waals surface area contributed by atoms with E-state index < -0.39 is 16.1 Å². The Morgan fingerprint density at radius 1 is 0.279 bits per heavy atom. The van der Waals surface area contributed by atoms with Crippen LogP contribution in [0.5, 0.6) is 0 Å². The molecule has 6 aliphatic rings. The van der Waals surface area contributed by atoms with Crippen molar-refractivity contribution in [1.29, 1.82) is 0 Å². The molecule has 9 heteroatoms. The Kier molecular flexibility index (Phi) is 15.3. The molecule has 111 heavy (non-hydrogen) atoms. The molecule has 6 aliphatic heterocycles. The van der Waals surface area contributed by atoms with Crippen LogP contribution in [-0.4, -0.2) is 29.6 Å². The second-order valence-corrected chi connectivity index (χ2v) is 44.0. The van der Waals surface area contributed by atoms with Gasteiger partial charge in [-0.1, -0.05) is 304 Å². The fourth-order valence-corrected chi connectivity index (χ4v) is 28.8. The SMILES string of the molecule is CC(C)(C)c1cc(N2c3cccc4c3B3c5c(cccc5[Si](C)(c5ccccc5)c5cccc2c53)N4c2ccc(F)cc2)cc(C(C)(C)Cc2ccc([Si]3(C)c4cccc5c4B4c6c(cccc6N(c6ccc(C(C)(C)C)cc6-c6ccccc6)c6cccc3c64)N5c3ccc(C(C)(C)C)cc3-c3ccccc3)cc2)c1.